The molecule has 1 N–H and O–H groups in total. The van der Waals surface area contributed by atoms with Gasteiger partial charge in [0.05, 0.1) is 21.8 Å². The molecule has 1 aliphatic rings. The Morgan fingerprint density at radius 2 is 1.76 bits per heavy atom. The van der Waals surface area contributed by atoms with Crippen molar-refractivity contribution in [2.75, 3.05) is 23.0 Å². The summed E-state index contributed by atoms with van der Waals surface area (Å²) in [6.07, 6.45) is 2.33. The van der Waals surface area contributed by atoms with E-state index in [2.05, 4.69) is 5.32 Å². The van der Waals surface area contributed by atoms with E-state index < -0.39 is 15.7 Å². The summed E-state index contributed by atoms with van der Waals surface area (Å²) >= 11 is 0. The second kappa shape index (κ2) is 6.68. The highest BCUT2D eigenvalue weighted by atomic mass is 32.2. The third kappa shape index (κ3) is 3.56. The largest absolute Gasteiger partial charge is 0.320 e. The van der Waals surface area contributed by atoms with Crippen molar-refractivity contribution in [3.8, 4) is 0 Å². The number of benzene rings is 2. The third-order valence-corrected chi connectivity index (χ3v) is 5.20. The van der Waals surface area contributed by atoms with Gasteiger partial charge < -0.3 is 10.2 Å². The first-order chi connectivity index (χ1) is 11.9. The minimum atomic E-state index is -3.53. The van der Waals surface area contributed by atoms with E-state index in [1.807, 2.05) is 0 Å². The number of hydrogen-bond acceptors (Lipinski definition) is 4. The number of para-hydroxylation sites is 2. The van der Waals surface area contributed by atoms with Crippen LogP contribution in [-0.4, -0.2) is 33.0 Å². The van der Waals surface area contributed by atoms with Gasteiger partial charge in [-0.1, -0.05) is 24.3 Å². The molecule has 1 fully saturated rings. The Bertz CT molecular complexity index is 938. The van der Waals surface area contributed by atoms with E-state index >= 15 is 0 Å². The van der Waals surface area contributed by atoms with Gasteiger partial charge in [0.15, 0.2) is 9.84 Å². The fourth-order valence-corrected chi connectivity index (χ4v) is 3.77. The lowest BCUT2D eigenvalue weighted by Gasteiger charge is -2.20. The summed E-state index contributed by atoms with van der Waals surface area (Å²) in [7, 11) is -3.53. The Labute approximate surface area is 146 Å². The first-order valence-corrected chi connectivity index (χ1v) is 9.77. The van der Waals surface area contributed by atoms with Gasteiger partial charge in [-0.15, -0.1) is 0 Å². The van der Waals surface area contributed by atoms with Crippen LogP contribution in [0.25, 0.3) is 0 Å². The molecule has 0 atom stereocenters. The average molecular weight is 358 g/mol. The standard InChI is InChI=1S/C18H18N2O4S/c1-25(23,24)16-10-5-2-7-13(16)18(22)19-14-8-3-4-9-15(14)20-12-6-11-17(20)21/h2-5,7-10H,6,11-12H2,1H3,(H,19,22). The van der Waals surface area contributed by atoms with Gasteiger partial charge in [-0.05, 0) is 30.7 Å². The molecule has 0 saturated carbocycles. The minimum Gasteiger partial charge on any atom is -0.320 e. The highest BCUT2D eigenvalue weighted by Gasteiger charge is 2.25. The smallest absolute Gasteiger partial charge is 0.257 e. The van der Waals surface area contributed by atoms with Gasteiger partial charge >= 0.3 is 0 Å². The van der Waals surface area contributed by atoms with E-state index in [9.17, 15) is 18.0 Å². The monoisotopic (exact) mass is 358 g/mol. The molecule has 2 aromatic rings. The number of anilines is 2. The zero-order valence-corrected chi connectivity index (χ0v) is 14.5. The van der Waals surface area contributed by atoms with Crippen LogP contribution < -0.4 is 10.2 Å². The van der Waals surface area contributed by atoms with E-state index in [4.69, 9.17) is 0 Å². The van der Waals surface area contributed by atoms with Crippen LogP contribution in [0.1, 0.15) is 23.2 Å². The Kier molecular flexibility index (Phi) is 4.59. The molecule has 1 heterocycles. The van der Waals surface area contributed by atoms with Crippen molar-refractivity contribution in [2.24, 2.45) is 0 Å². The van der Waals surface area contributed by atoms with Crippen LogP contribution in [0.2, 0.25) is 0 Å². The van der Waals surface area contributed by atoms with Crippen LogP contribution in [0.15, 0.2) is 53.4 Å². The fraction of sp³-hybridized carbons (Fsp3) is 0.222. The molecule has 2 amide bonds. The lowest BCUT2D eigenvalue weighted by atomic mass is 10.2. The molecule has 3 rings (SSSR count). The Hall–Kier alpha value is -2.67. The van der Waals surface area contributed by atoms with Crippen molar-refractivity contribution in [1.82, 2.24) is 0 Å². The molecule has 7 heteroatoms. The summed E-state index contributed by atoms with van der Waals surface area (Å²) in [6, 6.07) is 13.1. The quantitative estimate of drug-likeness (QED) is 0.910. The Morgan fingerprint density at radius 3 is 2.44 bits per heavy atom. The van der Waals surface area contributed by atoms with Gasteiger partial charge in [0.25, 0.3) is 5.91 Å². The number of hydrogen-bond donors (Lipinski definition) is 1. The lowest BCUT2D eigenvalue weighted by molar-refractivity contribution is -0.117. The maximum atomic E-state index is 12.7. The van der Waals surface area contributed by atoms with Gasteiger partial charge in [0, 0.05) is 19.2 Å². The molecular formula is C18H18N2O4S. The van der Waals surface area contributed by atoms with Crippen molar-refractivity contribution >= 4 is 33.0 Å². The maximum Gasteiger partial charge on any atom is 0.257 e. The zero-order chi connectivity index (χ0) is 18.0. The highest BCUT2D eigenvalue weighted by molar-refractivity contribution is 7.90. The number of nitrogens with zero attached hydrogens (tertiary/aromatic N) is 1. The number of amides is 2. The van der Waals surface area contributed by atoms with Gasteiger partial charge in [0.2, 0.25) is 5.91 Å². The van der Waals surface area contributed by atoms with Crippen molar-refractivity contribution in [3.63, 3.8) is 0 Å². The van der Waals surface area contributed by atoms with E-state index in [1.54, 1.807) is 41.3 Å². The number of carbonyl (C=O) groups is 2. The fourth-order valence-electron chi connectivity index (χ4n) is 2.88. The van der Waals surface area contributed by atoms with Gasteiger partial charge in [-0.25, -0.2) is 8.42 Å². The molecule has 1 saturated heterocycles. The summed E-state index contributed by atoms with van der Waals surface area (Å²) in [5.41, 5.74) is 1.17. The topological polar surface area (TPSA) is 83.6 Å². The number of rotatable bonds is 4. The van der Waals surface area contributed by atoms with Crippen molar-refractivity contribution in [2.45, 2.75) is 17.7 Å². The number of sulfone groups is 1. The summed E-state index contributed by atoms with van der Waals surface area (Å²) in [5.74, 6) is -0.515. The Morgan fingerprint density at radius 1 is 1.08 bits per heavy atom. The van der Waals surface area contributed by atoms with Crippen molar-refractivity contribution < 1.29 is 18.0 Å². The number of carbonyl (C=O) groups excluding carboxylic acids is 2. The normalized spacial score (nSPS) is 14.6. The summed E-state index contributed by atoms with van der Waals surface area (Å²) in [6.45, 7) is 0.603. The first-order valence-electron chi connectivity index (χ1n) is 7.88. The molecule has 0 aliphatic carbocycles. The third-order valence-electron chi connectivity index (χ3n) is 4.05. The second-order valence-electron chi connectivity index (χ2n) is 5.89. The molecule has 0 radical (unpaired) electrons. The predicted molar refractivity (Wildman–Crippen MR) is 95.5 cm³/mol. The molecular weight excluding hydrogens is 340 g/mol. The molecule has 2 aromatic carbocycles. The van der Waals surface area contributed by atoms with E-state index in [0.29, 0.717) is 24.3 Å². The first kappa shape index (κ1) is 17.2. The minimum absolute atomic E-state index is 0.0123. The summed E-state index contributed by atoms with van der Waals surface area (Å²) in [4.78, 5) is 26.3. The molecule has 6 nitrogen and oxygen atoms in total. The summed E-state index contributed by atoms with van der Waals surface area (Å²) in [5, 5.41) is 2.74. The molecule has 0 bridgehead atoms. The van der Waals surface area contributed by atoms with E-state index in [1.165, 1.54) is 12.1 Å². The van der Waals surface area contributed by atoms with Crippen molar-refractivity contribution in [3.05, 3.63) is 54.1 Å². The molecule has 1 aliphatic heterocycles. The van der Waals surface area contributed by atoms with E-state index in [-0.39, 0.29) is 16.4 Å². The van der Waals surface area contributed by atoms with Crippen LogP contribution in [0.4, 0.5) is 11.4 Å². The van der Waals surface area contributed by atoms with Gasteiger partial charge in [0.1, 0.15) is 0 Å². The van der Waals surface area contributed by atoms with Crippen LogP contribution >= 0.6 is 0 Å². The highest BCUT2D eigenvalue weighted by Crippen LogP contribution is 2.30. The lowest BCUT2D eigenvalue weighted by Crippen LogP contribution is -2.26. The van der Waals surface area contributed by atoms with Crippen LogP contribution in [0.5, 0.6) is 0 Å². The van der Waals surface area contributed by atoms with Crippen LogP contribution in [0.3, 0.4) is 0 Å². The molecule has 130 valence electrons. The van der Waals surface area contributed by atoms with Gasteiger partial charge in [-0.3, -0.25) is 9.59 Å². The van der Waals surface area contributed by atoms with Gasteiger partial charge in [-0.2, -0.15) is 0 Å². The van der Waals surface area contributed by atoms with Crippen LogP contribution in [-0.2, 0) is 14.6 Å². The average Bonchev–Trinajstić information content (AvgIpc) is 3.00. The second-order valence-corrected chi connectivity index (χ2v) is 7.87. The SMILES string of the molecule is CS(=O)(=O)c1ccccc1C(=O)Nc1ccccc1N1CCCC1=O. The molecule has 0 unspecified atom stereocenters. The van der Waals surface area contributed by atoms with Crippen molar-refractivity contribution in [1.29, 1.82) is 0 Å². The maximum absolute atomic E-state index is 12.7. The number of nitrogens with one attached hydrogen (secondary N) is 1. The molecule has 25 heavy (non-hydrogen) atoms. The predicted octanol–water partition coefficient (Wildman–Crippen LogP) is 2.47. The molecule has 0 spiro atoms. The summed E-state index contributed by atoms with van der Waals surface area (Å²) < 4.78 is 23.8. The Balaban J connectivity index is 1.95. The van der Waals surface area contributed by atoms with Crippen LogP contribution in [0, 0.1) is 0 Å². The molecule has 0 aromatic heterocycles. The van der Waals surface area contributed by atoms with E-state index in [0.717, 1.165) is 12.7 Å². The zero-order valence-electron chi connectivity index (χ0n) is 13.7.